The summed E-state index contributed by atoms with van der Waals surface area (Å²) in [6.45, 7) is 3.57. The summed E-state index contributed by atoms with van der Waals surface area (Å²) in [5.41, 5.74) is 2.22. The molecule has 4 rings (SSSR count). The molecule has 3 aromatic carbocycles. The van der Waals surface area contributed by atoms with E-state index in [1.165, 1.54) is 17.0 Å². The topological polar surface area (TPSA) is 96.0 Å². The summed E-state index contributed by atoms with van der Waals surface area (Å²) in [6.07, 6.45) is 6.31. The highest BCUT2D eigenvalue weighted by atomic mass is 32.2. The van der Waals surface area contributed by atoms with Crippen molar-refractivity contribution < 1.29 is 22.7 Å². The fourth-order valence-corrected chi connectivity index (χ4v) is 7.01. The first-order chi connectivity index (χ1) is 20.8. The predicted octanol–water partition coefficient (Wildman–Crippen LogP) is 5.71. The molecule has 1 aliphatic rings. The number of hydrogen-bond acceptors (Lipinski definition) is 5. The van der Waals surface area contributed by atoms with E-state index < -0.39 is 28.5 Å². The Balaban J connectivity index is 1.71. The number of ether oxygens (including phenoxy) is 1. The Labute approximate surface area is 256 Å². The minimum Gasteiger partial charge on any atom is -0.497 e. The second-order valence-corrected chi connectivity index (χ2v) is 12.8. The molecule has 0 aromatic heterocycles. The number of rotatable bonds is 13. The maximum atomic E-state index is 14.3. The van der Waals surface area contributed by atoms with E-state index in [-0.39, 0.29) is 23.4 Å². The minimum atomic E-state index is -4.10. The van der Waals surface area contributed by atoms with E-state index in [1.54, 1.807) is 37.4 Å². The van der Waals surface area contributed by atoms with Crippen LogP contribution in [0.25, 0.3) is 0 Å². The number of carbonyl (C=O) groups excluding carboxylic acids is 2. The summed E-state index contributed by atoms with van der Waals surface area (Å²) < 4.78 is 34.5. The molecule has 43 heavy (non-hydrogen) atoms. The summed E-state index contributed by atoms with van der Waals surface area (Å²) in [5, 5.41) is 3.18. The molecule has 8 nitrogen and oxygen atoms in total. The van der Waals surface area contributed by atoms with Gasteiger partial charge in [-0.05, 0) is 73.2 Å². The van der Waals surface area contributed by atoms with Gasteiger partial charge in [0, 0.05) is 12.6 Å². The quantitative estimate of drug-likeness (QED) is 0.269. The van der Waals surface area contributed by atoms with E-state index in [0.717, 1.165) is 54.0 Å². The molecule has 0 spiro atoms. The van der Waals surface area contributed by atoms with Crippen LogP contribution in [0.5, 0.6) is 5.75 Å². The second-order valence-electron chi connectivity index (χ2n) is 11.0. The molecule has 3 aromatic rings. The molecule has 0 heterocycles. The van der Waals surface area contributed by atoms with Gasteiger partial charge in [-0.25, -0.2) is 8.42 Å². The number of anilines is 1. The number of sulfonamides is 1. The number of methoxy groups -OCH3 is 1. The third-order valence-electron chi connectivity index (χ3n) is 8.07. The van der Waals surface area contributed by atoms with Crippen LogP contribution in [0.4, 0.5) is 5.69 Å². The van der Waals surface area contributed by atoms with Gasteiger partial charge < -0.3 is 15.0 Å². The number of nitrogens with one attached hydrogen (secondary N) is 1. The van der Waals surface area contributed by atoms with Crippen LogP contribution in [0.2, 0.25) is 0 Å². The molecule has 2 amide bonds. The van der Waals surface area contributed by atoms with Gasteiger partial charge in [0.1, 0.15) is 18.3 Å². The van der Waals surface area contributed by atoms with Gasteiger partial charge in [0.05, 0.1) is 17.7 Å². The normalized spacial score (nSPS) is 14.5. The lowest BCUT2D eigenvalue weighted by atomic mass is 9.95. The first-order valence-corrected chi connectivity index (χ1v) is 16.6. The van der Waals surface area contributed by atoms with Gasteiger partial charge in [-0.2, -0.15) is 0 Å². The third-order valence-corrected chi connectivity index (χ3v) is 9.86. The molecule has 0 aliphatic heterocycles. The van der Waals surface area contributed by atoms with E-state index in [2.05, 4.69) is 5.32 Å². The van der Waals surface area contributed by atoms with Crippen LogP contribution in [-0.4, -0.2) is 50.9 Å². The van der Waals surface area contributed by atoms with Crippen molar-refractivity contribution in [3.63, 3.8) is 0 Å². The Bertz CT molecular complexity index is 1450. The minimum absolute atomic E-state index is 0.0797. The highest BCUT2D eigenvalue weighted by Gasteiger charge is 2.34. The average molecular weight is 606 g/mol. The zero-order valence-corrected chi connectivity index (χ0v) is 26.2. The largest absolute Gasteiger partial charge is 0.497 e. The smallest absolute Gasteiger partial charge is 0.264 e. The fraction of sp³-hybridized carbons (Fsp3) is 0.412. The fourth-order valence-electron chi connectivity index (χ4n) is 5.58. The van der Waals surface area contributed by atoms with Crippen molar-refractivity contribution in [2.45, 2.75) is 82.3 Å². The summed E-state index contributed by atoms with van der Waals surface area (Å²) in [7, 11) is -2.52. The Morgan fingerprint density at radius 1 is 0.907 bits per heavy atom. The van der Waals surface area contributed by atoms with Crippen molar-refractivity contribution in [3.05, 3.63) is 90.0 Å². The summed E-state index contributed by atoms with van der Waals surface area (Å²) in [6, 6.07) is 22.0. The zero-order chi connectivity index (χ0) is 30.8. The average Bonchev–Trinajstić information content (AvgIpc) is 3.04. The second kappa shape index (κ2) is 15.0. The van der Waals surface area contributed by atoms with Crippen LogP contribution in [-0.2, 0) is 32.6 Å². The van der Waals surface area contributed by atoms with Crippen molar-refractivity contribution in [3.8, 4) is 5.75 Å². The molecule has 230 valence electrons. The molecule has 1 fully saturated rings. The maximum absolute atomic E-state index is 14.3. The summed E-state index contributed by atoms with van der Waals surface area (Å²) >= 11 is 0. The third kappa shape index (κ3) is 8.16. The van der Waals surface area contributed by atoms with Crippen molar-refractivity contribution in [1.29, 1.82) is 0 Å². The molecular weight excluding hydrogens is 562 g/mol. The van der Waals surface area contributed by atoms with Gasteiger partial charge in [0.15, 0.2) is 0 Å². The standard InChI is InChI=1S/C34H43N3O5S/c1-4-26-19-21-29(22-20-26)37(43(40,41)31-17-10-7-11-18-31)25-33(38)36(24-27-13-12-16-30(23-27)42-3)32(5-2)34(39)35-28-14-8-6-9-15-28/h7,10-13,16-23,28,32H,4-6,8-9,14-15,24-25H2,1-3H3,(H,35,39). The lowest BCUT2D eigenvalue weighted by molar-refractivity contribution is -0.140. The lowest BCUT2D eigenvalue weighted by Crippen LogP contribution is -2.54. The van der Waals surface area contributed by atoms with E-state index in [9.17, 15) is 18.0 Å². The van der Waals surface area contributed by atoms with Gasteiger partial charge in [-0.3, -0.25) is 13.9 Å². The van der Waals surface area contributed by atoms with E-state index in [4.69, 9.17) is 4.74 Å². The van der Waals surface area contributed by atoms with Gasteiger partial charge in [-0.1, -0.05) is 75.6 Å². The van der Waals surface area contributed by atoms with Crippen LogP contribution in [0.15, 0.2) is 83.8 Å². The Hall–Kier alpha value is -3.85. The number of carbonyl (C=O) groups is 2. The lowest BCUT2D eigenvalue weighted by Gasteiger charge is -2.34. The molecular formula is C34H43N3O5S. The van der Waals surface area contributed by atoms with Crippen LogP contribution in [0.1, 0.15) is 63.5 Å². The van der Waals surface area contributed by atoms with Crippen molar-refractivity contribution in [1.82, 2.24) is 10.2 Å². The number of amides is 2. The first-order valence-electron chi connectivity index (χ1n) is 15.2. The number of aryl methyl sites for hydroxylation is 1. The van der Waals surface area contributed by atoms with Crippen molar-refractivity contribution >= 4 is 27.5 Å². The summed E-state index contributed by atoms with van der Waals surface area (Å²) in [5.74, 6) is -0.0446. The molecule has 0 radical (unpaired) electrons. The van der Waals surface area contributed by atoms with Gasteiger partial charge in [0.2, 0.25) is 11.8 Å². The van der Waals surface area contributed by atoms with Gasteiger partial charge in [-0.15, -0.1) is 0 Å². The molecule has 1 aliphatic carbocycles. The molecule has 9 heteroatoms. The predicted molar refractivity (Wildman–Crippen MR) is 169 cm³/mol. The van der Waals surface area contributed by atoms with E-state index >= 15 is 0 Å². The van der Waals surface area contributed by atoms with Crippen molar-refractivity contribution in [2.24, 2.45) is 0 Å². The zero-order valence-electron chi connectivity index (χ0n) is 25.4. The molecule has 1 N–H and O–H groups in total. The molecule has 0 bridgehead atoms. The van der Waals surface area contributed by atoms with Crippen LogP contribution in [0.3, 0.4) is 0 Å². The number of hydrogen-bond donors (Lipinski definition) is 1. The van der Waals surface area contributed by atoms with Crippen LogP contribution in [0, 0.1) is 0 Å². The number of benzene rings is 3. The monoisotopic (exact) mass is 605 g/mol. The molecule has 0 saturated heterocycles. The van der Waals surface area contributed by atoms with Crippen LogP contribution >= 0.6 is 0 Å². The SMILES string of the molecule is CCc1ccc(N(CC(=O)N(Cc2cccc(OC)c2)C(CC)C(=O)NC2CCCCC2)S(=O)(=O)c2ccccc2)cc1. The Morgan fingerprint density at radius 2 is 1.60 bits per heavy atom. The molecule has 1 saturated carbocycles. The van der Waals surface area contributed by atoms with E-state index in [1.807, 2.05) is 50.2 Å². The Kier molecular flexibility index (Phi) is 11.2. The van der Waals surface area contributed by atoms with Gasteiger partial charge >= 0.3 is 0 Å². The highest BCUT2D eigenvalue weighted by molar-refractivity contribution is 7.92. The highest BCUT2D eigenvalue weighted by Crippen LogP contribution is 2.26. The molecule has 1 unspecified atom stereocenters. The van der Waals surface area contributed by atoms with Gasteiger partial charge in [0.25, 0.3) is 10.0 Å². The summed E-state index contributed by atoms with van der Waals surface area (Å²) in [4.78, 5) is 29.6. The maximum Gasteiger partial charge on any atom is 0.264 e. The van der Waals surface area contributed by atoms with Crippen molar-refractivity contribution in [2.75, 3.05) is 18.0 Å². The molecule has 1 atom stereocenters. The first kappa shape index (κ1) is 32.1. The van der Waals surface area contributed by atoms with E-state index in [0.29, 0.717) is 17.9 Å². The van der Waals surface area contributed by atoms with Crippen LogP contribution < -0.4 is 14.4 Å². The number of nitrogens with zero attached hydrogens (tertiary/aromatic N) is 2. The Morgan fingerprint density at radius 3 is 2.23 bits per heavy atom.